The Bertz CT molecular complexity index is 788. The Morgan fingerprint density at radius 1 is 1.08 bits per heavy atom. The fourth-order valence-electron chi connectivity index (χ4n) is 2.71. The van der Waals surface area contributed by atoms with Crippen molar-refractivity contribution in [3.05, 3.63) is 59.2 Å². The lowest BCUT2D eigenvalue weighted by Crippen LogP contribution is -2.27. The molecular weight excluding hydrogens is 334 g/mol. The molecule has 2 aromatic rings. The van der Waals surface area contributed by atoms with E-state index in [4.69, 9.17) is 9.47 Å². The van der Waals surface area contributed by atoms with Gasteiger partial charge in [-0.15, -0.1) is 0 Å². The predicted octanol–water partition coefficient (Wildman–Crippen LogP) is 3.21. The van der Waals surface area contributed by atoms with E-state index in [0.29, 0.717) is 23.5 Å². The topological polar surface area (TPSA) is 84.9 Å². The molecule has 0 aromatic heterocycles. The van der Waals surface area contributed by atoms with Crippen molar-refractivity contribution < 1.29 is 24.2 Å². The number of rotatable bonds is 8. The van der Waals surface area contributed by atoms with Crippen LogP contribution in [0.5, 0.6) is 11.5 Å². The van der Waals surface area contributed by atoms with Gasteiger partial charge in [-0.3, -0.25) is 4.79 Å². The molecule has 138 valence electrons. The zero-order valence-electron chi connectivity index (χ0n) is 15.1. The average Bonchev–Trinajstić information content (AvgIpc) is 2.65. The van der Waals surface area contributed by atoms with E-state index in [0.717, 1.165) is 5.56 Å². The maximum atomic E-state index is 12.2. The fourth-order valence-corrected chi connectivity index (χ4v) is 2.71. The van der Waals surface area contributed by atoms with Crippen LogP contribution in [0.1, 0.15) is 40.9 Å². The molecule has 2 rings (SSSR count). The van der Waals surface area contributed by atoms with Gasteiger partial charge in [0, 0.05) is 6.42 Å². The Balaban J connectivity index is 1.99. The van der Waals surface area contributed by atoms with Crippen molar-refractivity contribution in [1.82, 2.24) is 5.32 Å². The third-order valence-corrected chi connectivity index (χ3v) is 4.15. The molecule has 1 atom stereocenters. The van der Waals surface area contributed by atoms with Gasteiger partial charge in [-0.1, -0.05) is 24.3 Å². The molecule has 0 aliphatic carbocycles. The van der Waals surface area contributed by atoms with Crippen molar-refractivity contribution in [2.45, 2.75) is 25.8 Å². The number of amides is 1. The third kappa shape index (κ3) is 4.75. The molecule has 1 unspecified atom stereocenters. The summed E-state index contributed by atoms with van der Waals surface area (Å²) in [5.41, 5.74) is 1.77. The smallest absolute Gasteiger partial charge is 0.335 e. The van der Waals surface area contributed by atoms with Crippen molar-refractivity contribution in [1.29, 1.82) is 0 Å². The van der Waals surface area contributed by atoms with Crippen LogP contribution in [0.3, 0.4) is 0 Å². The Morgan fingerprint density at radius 2 is 1.77 bits per heavy atom. The lowest BCUT2D eigenvalue weighted by Gasteiger charge is -2.17. The van der Waals surface area contributed by atoms with Gasteiger partial charge in [0.05, 0.1) is 25.8 Å². The molecular formula is C20H23NO5. The molecule has 0 bridgehead atoms. The van der Waals surface area contributed by atoms with Crippen LogP contribution in [0.15, 0.2) is 42.5 Å². The van der Waals surface area contributed by atoms with Gasteiger partial charge in [0.25, 0.3) is 0 Å². The number of carbonyl (C=O) groups is 2. The van der Waals surface area contributed by atoms with Gasteiger partial charge in [0.1, 0.15) is 0 Å². The van der Waals surface area contributed by atoms with Gasteiger partial charge in [0.15, 0.2) is 11.5 Å². The minimum Gasteiger partial charge on any atom is -0.493 e. The number of carboxylic acids is 1. The number of aromatic carboxylic acids is 1. The van der Waals surface area contributed by atoms with Gasteiger partial charge in [0.2, 0.25) is 5.91 Å². The Morgan fingerprint density at radius 3 is 2.42 bits per heavy atom. The van der Waals surface area contributed by atoms with E-state index in [-0.39, 0.29) is 23.9 Å². The van der Waals surface area contributed by atoms with Crippen molar-refractivity contribution in [2.75, 3.05) is 14.2 Å². The molecule has 6 nitrogen and oxygen atoms in total. The Kier molecular flexibility index (Phi) is 6.60. The van der Waals surface area contributed by atoms with Crippen LogP contribution in [-0.4, -0.2) is 31.2 Å². The number of nitrogens with one attached hydrogen (secondary N) is 1. The highest BCUT2D eigenvalue weighted by Crippen LogP contribution is 2.29. The monoisotopic (exact) mass is 357 g/mol. The van der Waals surface area contributed by atoms with Crippen LogP contribution in [0.2, 0.25) is 0 Å². The van der Waals surface area contributed by atoms with E-state index in [1.165, 1.54) is 0 Å². The lowest BCUT2D eigenvalue weighted by atomic mass is 10.0. The largest absolute Gasteiger partial charge is 0.493 e. The standard InChI is InChI=1S/C20H23NO5/c1-13(15-8-10-17(25-2)18(12-15)26-3)21-19(22)11-9-14-6-4-5-7-16(14)20(23)24/h4-8,10,12-13H,9,11H2,1-3H3,(H,21,22)(H,23,24). The number of hydrogen-bond donors (Lipinski definition) is 2. The highest BCUT2D eigenvalue weighted by atomic mass is 16.5. The van der Waals surface area contributed by atoms with Gasteiger partial charge >= 0.3 is 5.97 Å². The van der Waals surface area contributed by atoms with E-state index in [1.54, 1.807) is 44.6 Å². The summed E-state index contributed by atoms with van der Waals surface area (Å²) in [6.07, 6.45) is 0.578. The summed E-state index contributed by atoms with van der Waals surface area (Å²) in [6.45, 7) is 1.88. The molecule has 0 aliphatic rings. The van der Waals surface area contributed by atoms with Crippen LogP contribution < -0.4 is 14.8 Å². The number of hydrogen-bond acceptors (Lipinski definition) is 4. The van der Waals surface area contributed by atoms with Crippen molar-refractivity contribution in [2.24, 2.45) is 0 Å². The minimum absolute atomic E-state index is 0.146. The summed E-state index contributed by atoms with van der Waals surface area (Å²) < 4.78 is 10.5. The summed E-state index contributed by atoms with van der Waals surface area (Å²) in [7, 11) is 3.13. The lowest BCUT2D eigenvalue weighted by molar-refractivity contribution is -0.121. The molecule has 0 fully saturated rings. The van der Waals surface area contributed by atoms with E-state index in [9.17, 15) is 14.7 Å². The maximum Gasteiger partial charge on any atom is 0.335 e. The zero-order valence-corrected chi connectivity index (χ0v) is 15.1. The van der Waals surface area contributed by atoms with Gasteiger partial charge in [-0.2, -0.15) is 0 Å². The van der Waals surface area contributed by atoms with E-state index >= 15 is 0 Å². The number of methoxy groups -OCH3 is 2. The van der Waals surface area contributed by atoms with E-state index in [2.05, 4.69) is 5.32 Å². The third-order valence-electron chi connectivity index (χ3n) is 4.15. The normalized spacial score (nSPS) is 11.5. The molecule has 0 spiro atoms. The summed E-state index contributed by atoms with van der Waals surface area (Å²) in [5, 5.41) is 12.1. The van der Waals surface area contributed by atoms with Crippen LogP contribution in [0, 0.1) is 0 Å². The predicted molar refractivity (Wildman–Crippen MR) is 97.8 cm³/mol. The van der Waals surface area contributed by atoms with Crippen molar-refractivity contribution in [3.63, 3.8) is 0 Å². The van der Waals surface area contributed by atoms with E-state index < -0.39 is 5.97 Å². The van der Waals surface area contributed by atoms with Crippen LogP contribution in [-0.2, 0) is 11.2 Å². The maximum absolute atomic E-state index is 12.2. The number of ether oxygens (including phenoxy) is 2. The van der Waals surface area contributed by atoms with Crippen LogP contribution in [0.4, 0.5) is 0 Å². The molecule has 0 saturated carbocycles. The molecule has 1 amide bonds. The first-order chi connectivity index (χ1) is 12.5. The first kappa shape index (κ1) is 19.3. The first-order valence-corrected chi connectivity index (χ1v) is 8.28. The second-order valence-corrected chi connectivity index (χ2v) is 5.87. The van der Waals surface area contributed by atoms with Gasteiger partial charge in [-0.25, -0.2) is 4.79 Å². The van der Waals surface area contributed by atoms with Gasteiger partial charge < -0.3 is 19.9 Å². The molecule has 0 radical (unpaired) electrons. The number of benzene rings is 2. The number of carbonyl (C=O) groups excluding carboxylic acids is 1. The number of aryl methyl sites for hydroxylation is 1. The first-order valence-electron chi connectivity index (χ1n) is 8.28. The zero-order chi connectivity index (χ0) is 19.1. The average molecular weight is 357 g/mol. The Hall–Kier alpha value is -3.02. The fraction of sp³-hybridized carbons (Fsp3) is 0.300. The molecule has 26 heavy (non-hydrogen) atoms. The van der Waals surface area contributed by atoms with E-state index in [1.807, 2.05) is 19.1 Å². The molecule has 2 N–H and O–H groups in total. The molecule has 0 saturated heterocycles. The highest BCUT2D eigenvalue weighted by Gasteiger charge is 2.14. The summed E-state index contributed by atoms with van der Waals surface area (Å²) in [4.78, 5) is 23.5. The van der Waals surface area contributed by atoms with Crippen LogP contribution in [0.25, 0.3) is 0 Å². The summed E-state index contributed by atoms with van der Waals surface area (Å²) in [5.74, 6) is 0.0914. The quantitative estimate of drug-likeness (QED) is 0.758. The summed E-state index contributed by atoms with van der Waals surface area (Å²) in [6, 6.07) is 12.0. The van der Waals surface area contributed by atoms with Crippen molar-refractivity contribution >= 4 is 11.9 Å². The minimum atomic E-state index is -0.986. The van der Waals surface area contributed by atoms with Crippen molar-refractivity contribution in [3.8, 4) is 11.5 Å². The summed E-state index contributed by atoms with van der Waals surface area (Å²) >= 11 is 0. The molecule has 2 aromatic carbocycles. The number of carboxylic acid groups (broad SMARTS) is 1. The molecule has 6 heteroatoms. The Labute approximate surface area is 152 Å². The molecule has 0 heterocycles. The SMILES string of the molecule is COc1ccc(C(C)NC(=O)CCc2ccccc2C(=O)O)cc1OC. The second kappa shape index (κ2) is 8.89. The van der Waals surface area contributed by atoms with Gasteiger partial charge in [-0.05, 0) is 42.7 Å². The molecule has 0 aliphatic heterocycles. The second-order valence-electron chi connectivity index (χ2n) is 5.87. The van der Waals surface area contributed by atoms with Crippen LogP contribution >= 0.6 is 0 Å². The highest BCUT2D eigenvalue weighted by molar-refractivity contribution is 5.89.